The maximum atomic E-state index is 5.61. The Balaban J connectivity index is 1.41. The van der Waals surface area contributed by atoms with Crippen LogP contribution in [0.5, 0.6) is 0 Å². The van der Waals surface area contributed by atoms with Crippen molar-refractivity contribution >= 4 is 6.40 Å². The van der Waals surface area contributed by atoms with Gasteiger partial charge in [-0.3, -0.25) is 21.3 Å². The first-order valence-corrected chi connectivity index (χ1v) is 8.06. The van der Waals surface area contributed by atoms with Crippen molar-refractivity contribution in [1.29, 1.82) is 0 Å². The molecular formula is C14H25N5O. The molecule has 6 nitrogen and oxygen atoms in total. The molecule has 5 unspecified atom stereocenters. The Bertz CT molecular complexity index is 371. The fourth-order valence-corrected chi connectivity index (χ4v) is 4.07. The van der Waals surface area contributed by atoms with Crippen LogP contribution in [-0.4, -0.2) is 43.7 Å². The molecule has 20 heavy (non-hydrogen) atoms. The van der Waals surface area contributed by atoms with E-state index in [9.17, 15) is 0 Å². The number of nitrogens with one attached hydrogen (secondary N) is 4. The van der Waals surface area contributed by atoms with Crippen molar-refractivity contribution in [3.63, 3.8) is 0 Å². The summed E-state index contributed by atoms with van der Waals surface area (Å²) in [5.41, 5.74) is 0. The molecule has 4 N–H and O–H groups in total. The Hall–Kier alpha value is -0.690. The van der Waals surface area contributed by atoms with E-state index < -0.39 is 0 Å². The van der Waals surface area contributed by atoms with E-state index in [4.69, 9.17) is 4.74 Å². The molecule has 4 aliphatic rings. The van der Waals surface area contributed by atoms with Crippen molar-refractivity contribution in [2.75, 3.05) is 6.67 Å². The third kappa shape index (κ3) is 2.45. The minimum absolute atomic E-state index is 0.136. The SMILES string of the molecule is C1=NC2NC3NCNC(NC4CCCCC4)C3CC2O1. The number of aliphatic imine (C=N–C) groups is 1. The largest absolute Gasteiger partial charge is 0.477 e. The Morgan fingerprint density at radius 3 is 2.95 bits per heavy atom. The van der Waals surface area contributed by atoms with Gasteiger partial charge in [0.15, 0.2) is 6.40 Å². The lowest BCUT2D eigenvalue weighted by molar-refractivity contribution is 0.0287. The summed E-state index contributed by atoms with van der Waals surface area (Å²) in [5, 5.41) is 14.5. The molecule has 0 spiro atoms. The maximum absolute atomic E-state index is 5.61. The summed E-state index contributed by atoms with van der Waals surface area (Å²) in [4.78, 5) is 4.35. The molecule has 4 rings (SSSR count). The molecule has 3 aliphatic heterocycles. The zero-order valence-corrected chi connectivity index (χ0v) is 11.8. The molecule has 3 fully saturated rings. The van der Waals surface area contributed by atoms with Gasteiger partial charge in [0.25, 0.3) is 0 Å². The first-order chi connectivity index (χ1) is 9.90. The second-order valence-corrected chi connectivity index (χ2v) is 6.48. The van der Waals surface area contributed by atoms with Crippen molar-refractivity contribution in [1.82, 2.24) is 21.3 Å². The summed E-state index contributed by atoms with van der Waals surface area (Å²) < 4.78 is 5.61. The lowest BCUT2D eigenvalue weighted by Crippen LogP contribution is -2.71. The van der Waals surface area contributed by atoms with Gasteiger partial charge in [-0.05, 0) is 19.3 Å². The second kappa shape index (κ2) is 5.60. The van der Waals surface area contributed by atoms with Crippen molar-refractivity contribution in [3.05, 3.63) is 0 Å². The average molecular weight is 279 g/mol. The first kappa shape index (κ1) is 13.0. The first-order valence-electron chi connectivity index (χ1n) is 8.06. The van der Waals surface area contributed by atoms with Crippen LogP contribution in [0.2, 0.25) is 0 Å². The van der Waals surface area contributed by atoms with Crippen LogP contribution in [0, 0.1) is 5.92 Å². The van der Waals surface area contributed by atoms with E-state index >= 15 is 0 Å². The number of rotatable bonds is 2. The van der Waals surface area contributed by atoms with Gasteiger partial charge in [0.05, 0.1) is 12.3 Å². The number of fused-ring (bicyclic) bond motifs is 2. The highest BCUT2D eigenvalue weighted by Gasteiger charge is 2.44. The van der Waals surface area contributed by atoms with E-state index in [0.717, 1.165) is 13.1 Å². The van der Waals surface area contributed by atoms with Gasteiger partial charge in [-0.2, -0.15) is 0 Å². The van der Waals surface area contributed by atoms with E-state index in [2.05, 4.69) is 26.3 Å². The predicted molar refractivity (Wildman–Crippen MR) is 77.1 cm³/mol. The molecule has 1 aliphatic carbocycles. The summed E-state index contributed by atoms with van der Waals surface area (Å²) in [6, 6.07) is 0.679. The number of hydrogen-bond donors (Lipinski definition) is 4. The molecule has 112 valence electrons. The summed E-state index contributed by atoms with van der Waals surface area (Å²) in [6.45, 7) is 0.848. The second-order valence-electron chi connectivity index (χ2n) is 6.48. The summed E-state index contributed by atoms with van der Waals surface area (Å²) >= 11 is 0. The third-order valence-electron chi connectivity index (χ3n) is 5.18. The molecule has 2 saturated heterocycles. The smallest absolute Gasteiger partial charge is 0.171 e. The monoisotopic (exact) mass is 279 g/mol. The molecule has 0 aromatic heterocycles. The van der Waals surface area contributed by atoms with Gasteiger partial charge in [0.1, 0.15) is 12.3 Å². The molecule has 1 saturated carbocycles. The van der Waals surface area contributed by atoms with Crippen molar-refractivity contribution in [2.24, 2.45) is 10.9 Å². The Labute approximate surface area is 120 Å². The summed E-state index contributed by atoms with van der Waals surface area (Å²) in [7, 11) is 0. The van der Waals surface area contributed by atoms with E-state index in [1.54, 1.807) is 6.40 Å². The fourth-order valence-electron chi connectivity index (χ4n) is 4.07. The highest BCUT2D eigenvalue weighted by atomic mass is 16.5. The molecule has 0 aromatic rings. The quantitative estimate of drug-likeness (QED) is 0.576. The van der Waals surface area contributed by atoms with Crippen LogP contribution in [0.3, 0.4) is 0 Å². The van der Waals surface area contributed by atoms with Crippen LogP contribution in [0.1, 0.15) is 38.5 Å². The predicted octanol–water partition coefficient (Wildman–Crippen LogP) is 0.0739. The van der Waals surface area contributed by atoms with Gasteiger partial charge in [-0.1, -0.05) is 19.3 Å². The molecule has 0 radical (unpaired) electrons. The van der Waals surface area contributed by atoms with Crippen LogP contribution in [0.4, 0.5) is 0 Å². The van der Waals surface area contributed by atoms with Gasteiger partial charge >= 0.3 is 0 Å². The molecule has 0 bridgehead atoms. The van der Waals surface area contributed by atoms with Crippen LogP contribution in [0.15, 0.2) is 4.99 Å². The number of hydrogen-bond acceptors (Lipinski definition) is 6. The highest BCUT2D eigenvalue weighted by Crippen LogP contribution is 2.29. The Morgan fingerprint density at radius 1 is 1.15 bits per heavy atom. The van der Waals surface area contributed by atoms with Gasteiger partial charge in [-0.25, -0.2) is 4.99 Å². The van der Waals surface area contributed by atoms with Gasteiger partial charge in [-0.15, -0.1) is 0 Å². The highest BCUT2D eigenvalue weighted by molar-refractivity contribution is 5.50. The molecule has 3 heterocycles. The number of ether oxygens (including phenoxy) is 1. The molecule has 0 aromatic carbocycles. The average Bonchev–Trinajstić information content (AvgIpc) is 2.94. The lowest BCUT2D eigenvalue weighted by atomic mass is 9.87. The van der Waals surface area contributed by atoms with Gasteiger partial charge < -0.3 is 4.74 Å². The zero-order chi connectivity index (χ0) is 13.4. The van der Waals surface area contributed by atoms with Gasteiger partial charge in [0.2, 0.25) is 0 Å². The maximum Gasteiger partial charge on any atom is 0.171 e. The van der Waals surface area contributed by atoms with Crippen molar-refractivity contribution in [2.45, 2.75) is 69.2 Å². The molecule has 6 heteroatoms. The lowest BCUT2D eigenvalue weighted by Gasteiger charge is -2.47. The number of piperidine rings is 1. The minimum Gasteiger partial charge on any atom is -0.477 e. The zero-order valence-electron chi connectivity index (χ0n) is 11.8. The third-order valence-corrected chi connectivity index (χ3v) is 5.18. The van der Waals surface area contributed by atoms with E-state index in [0.29, 0.717) is 24.3 Å². The van der Waals surface area contributed by atoms with Crippen LogP contribution >= 0.6 is 0 Å². The van der Waals surface area contributed by atoms with Crippen LogP contribution in [0.25, 0.3) is 0 Å². The van der Waals surface area contributed by atoms with E-state index in [1.165, 1.54) is 32.1 Å². The molecule has 0 amide bonds. The summed E-state index contributed by atoms with van der Waals surface area (Å²) in [5.74, 6) is 0.508. The molecule has 5 atom stereocenters. The normalized spacial score (nSPS) is 44.7. The molecular weight excluding hydrogens is 254 g/mol. The number of nitrogens with zero attached hydrogens (tertiary/aromatic N) is 1. The van der Waals surface area contributed by atoms with Crippen LogP contribution in [-0.2, 0) is 4.74 Å². The minimum atomic E-state index is 0.136. The van der Waals surface area contributed by atoms with E-state index in [-0.39, 0.29) is 12.3 Å². The van der Waals surface area contributed by atoms with Crippen LogP contribution < -0.4 is 21.3 Å². The Morgan fingerprint density at radius 2 is 2.05 bits per heavy atom. The standard InChI is InChI=1S/C14H25N5O/c1-2-4-9(5-3-1)18-12-10-6-11-14(17-8-20-11)19-13(10)16-7-15-12/h8-16,18-19H,1-7H2. The van der Waals surface area contributed by atoms with Gasteiger partial charge in [0, 0.05) is 18.6 Å². The topological polar surface area (TPSA) is 69.7 Å². The fraction of sp³-hybridized carbons (Fsp3) is 0.929. The van der Waals surface area contributed by atoms with Crippen molar-refractivity contribution in [3.8, 4) is 0 Å². The van der Waals surface area contributed by atoms with Crippen molar-refractivity contribution < 1.29 is 4.74 Å². The summed E-state index contributed by atoms with van der Waals surface area (Å²) in [6.07, 6.45) is 10.5. The van der Waals surface area contributed by atoms with E-state index in [1.807, 2.05) is 0 Å². The Kier molecular flexibility index (Phi) is 3.64.